The first-order valence-electron chi connectivity index (χ1n) is 10.7. The Bertz CT molecular complexity index is 859. The number of likely N-dealkylation sites (tertiary alicyclic amines) is 1. The highest BCUT2D eigenvalue weighted by Crippen LogP contribution is 2.43. The molecular formula is C24H29F6NO2. The van der Waals surface area contributed by atoms with Crippen LogP contribution in [0.15, 0.2) is 48.6 Å². The average Bonchev–Trinajstić information content (AvgIpc) is 2.66. The van der Waals surface area contributed by atoms with Crippen LogP contribution in [-0.2, 0) is 11.0 Å². The van der Waals surface area contributed by atoms with Gasteiger partial charge in [0.2, 0.25) is 0 Å². The van der Waals surface area contributed by atoms with Crippen LogP contribution >= 0.6 is 0 Å². The van der Waals surface area contributed by atoms with Gasteiger partial charge in [-0.3, -0.25) is 9.69 Å². The molecule has 2 rings (SSSR count). The fraction of sp³-hybridized carbons (Fsp3) is 0.542. The number of carbonyl (C=O) groups is 1. The Kier molecular flexibility index (Phi) is 8.43. The molecule has 0 aromatic heterocycles. The third kappa shape index (κ3) is 7.35. The minimum absolute atomic E-state index is 0.116. The lowest BCUT2D eigenvalue weighted by Gasteiger charge is -2.47. The van der Waals surface area contributed by atoms with E-state index >= 15 is 0 Å². The number of piperidine rings is 1. The summed E-state index contributed by atoms with van der Waals surface area (Å²) >= 11 is 0. The molecular weight excluding hydrogens is 448 g/mol. The second-order valence-electron chi connectivity index (χ2n) is 8.91. The van der Waals surface area contributed by atoms with Gasteiger partial charge in [0.1, 0.15) is 0 Å². The van der Waals surface area contributed by atoms with Crippen LogP contribution in [-0.4, -0.2) is 34.7 Å². The predicted octanol–water partition coefficient (Wildman–Crippen LogP) is 7.02. The highest BCUT2D eigenvalue weighted by molar-refractivity contribution is 5.67. The predicted molar refractivity (Wildman–Crippen MR) is 113 cm³/mol. The quantitative estimate of drug-likeness (QED) is 0.323. The van der Waals surface area contributed by atoms with Gasteiger partial charge in [0.15, 0.2) is 0 Å². The van der Waals surface area contributed by atoms with E-state index in [-0.39, 0.29) is 12.3 Å². The number of carboxylic acid groups (broad SMARTS) is 1. The van der Waals surface area contributed by atoms with E-state index in [9.17, 15) is 36.2 Å². The number of carboxylic acids is 1. The number of rotatable bonds is 8. The lowest BCUT2D eigenvalue weighted by Crippen LogP contribution is -2.48. The van der Waals surface area contributed by atoms with Crippen molar-refractivity contribution in [3.05, 3.63) is 59.7 Å². The first kappa shape index (κ1) is 27.0. The number of nitrogens with zero attached hydrogens (tertiary/aromatic N) is 1. The van der Waals surface area contributed by atoms with Crippen LogP contribution < -0.4 is 0 Å². The van der Waals surface area contributed by atoms with Crippen molar-refractivity contribution in [1.82, 2.24) is 4.90 Å². The Hall–Kier alpha value is -2.29. The third-order valence-electron chi connectivity index (χ3n) is 6.19. The fourth-order valence-electron chi connectivity index (χ4n) is 4.64. The molecule has 1 N–H and O–H groups in total. The van der Waals surface area contributed by atoms with Crippen LogP contribution in [0.4, 0.5) is 26.3 Å². The molecule has 1 fully saturated rings. The maximum absolute atomic E-state index is 13.2. The summed E-state index contributed by atoms with van der Waals surface area (Å²) in [6, 6.07) is 3.22. The molecule has 3 nitrogen and oxygen atoms in total. The molecule has 1 saturated heterocycles. The van der Waals surface area contributed by atoms with E-state index in [0.29, 0.717) is 36.1 Å². The Labute approximate surface area is 189 Å². The van der Waals surface area contributed by atoms with Crippen molar-refractivity contribution in [3.63, 3.8) is 0 Å². The lowest BCUT2D eigenvalue weighted by atomic mass is 9.80. The van der Waals surface area contributed by atoms with Gasteiger partial charge >= 0.3 is 18.3 Å². The van der Waals surface area contributed by atoms with Crippen LogP contribution in [0, 0.1) is 11.8 Å². The van der Waals surface area contributed by atoms with E-state index in [2.05, 4.69) is 13.2 Å². The number of benzene rings is 1. The smallest absolute Gasteiger partial charge is 0.416 e. The molecule has 0 amide bonds. The van der Waals surface area contributed by atoms with Gasteiger partial charge in [-0.1, -0.05) is 37.8 Å². The molecule has 9 heteroatoms. The van der Waals surface area contributed by atoms with E-state index in [4.69, 9.17) is 0 Å². The largest absolute Gasteiger partial charge is 0.481 e. The molecule has 1 unspecified atom stereocenters. The van der Waals surface area contributed by atoms with Gasteiger partial charge < -0.3 is 5.11 Å². The van der Waals surface area contributed by atoms with Gasteiger partial charge in [-0.05, 0) is 61.4 Å². The zero-order chi connectivity index (χ0) is 25.1. The first-order valence-corrected chi connectivity index (χ1v) is 10.7. The van der Waals surface area contributed by atoms with Gasteiger partial charge in [-0.25, -0.2) is 0 Å². The molecule has 0 spiro atoms. The molecule has 1 aliphatic heterocycles. The van der Waals surface area contributed by atoms with E-state index in [1.54, 1.807) is 6.92 Å². The van der Waals surface area contributed by atoms with Crippen LogP contribution in [0.2, 0.25) is 0 Å². The Morgan fingerprint density at radius 2 is 1.73 bits per heavy atom. The average molecular weight is 477 g/mol. The minimum Gasteiger partial charge on any atom is -0.481 e. The standard InChI is InChI=1S/C24H29F6NO2/c1-14(2)16(4)22(15(3)13-23(25,26)27)31-10-9-17(12-21(32)33)11-20(31)18-5-7-19(8-6-18)24(28,29)30/h5-8,15,17,20,22H,1,4,9-13H2,2-3H3,(H,32,33)/t15?,17-,20+,22+/m1/s1. The SMILES string of the molecule is C=C(C)C(=C)[C@H](C(C)CC(F)(F)F)N1CC[C@@H](CC(=O)O)C[C@H]1c1ccc(C(F)(F)F)cc1. The summed E-state index contributed by atoms with van der Waals surface area (Å²) < 4.78 is 78.8. The minimum atomic E-state index is -4.52. The van der Waals surface area contributed by atoms with E-state index < -0.39 is 48.3 Å². The number of alkyl halides is 6. The summed E-state index contributed by atoms with van der Waals surface area (Å²) in [4.78, 5) is 13.1. The molecule has 33 heavy (non-hydrogen) atoms. The Balaban J connectivity index is 2.48. The summed E-state index contributed by atoms with van der Waals surface area (Å²) in [5, 5.41) is 9.21. The van der Waals surface area contributed by atoms with Crippen molar-refractivity contribution < 1.29 is 36.2 Å². The van der Waals surface area contributed by atoms with Crippen molar-refractivity contribution in [3.8, 4) is 0 Å². The van der Waals surface area contributed by atoms with Crippen molar-refractivity contribution in [2.24, 2.45) is 11.8 Å². The van der Waals surface area contributed by atoms with Gasteiger partial charge in [0.05, 0.1) is 5.56 Å². The van der Waals surface area contributed by atoms with Gasteiger partial charge in [0.25, 0.3) is 0 Å². The summed E-state index contributed by atoms with van der Waals surface area (Å²) in [7, 11) is 0. The number of hydrogen-bond acceptors (Lipinski definition) is 2. The van der Waals surface area contributed by atoms with Crippen LogP contribution in [0.1, 0.15) is 56.7 Å². The molecule has 0 bridgehead atoms. The highest BCUT2D eigenvalue weighted by Gasteiger charge is 2.41. The maximum Gasteiger partial charge on any atom is 0.416 e. The lowest BCUT2D eigenvalue weighted by molar-refractivity contribution is -0.149. The van der Waals surface area contributed by atoms with Gasteiger partial charge in [0, 0.05) is 24.9 Å². The van der Waals surface area contributed by atoms with Crippen LogP contribution in [0.3, 0.4) is 0 Å². The molecule has 1 aromatic carbocycles. The third-order valence-corrected chi connectivity index (χ3v) is 6.19. The normalized spacial score (nSPS) is 21.9. The van der Waals surface area contributed by atoms with Crippen LogP contribution in [0.25, 0.3) is 0 Å². The molecule has 1 heterocycles. The zero-order valence-corrected chi connectivity index (χ0v) is 18.6. The maximum atomic E-state index is 13.2. The van der Waals surface area contributed by atoms with Crippen molar-refractivity contribution in [2.75, 3.05) is 6.54 Å². The van der Waals surface area contributed by atoms with Crippen molar-refractivity contribution in [2.45, 2.75) is 64.0 Å². The molecule has 0 aliphatic carbocycles. The fourth-order valence-corrected chi connectivity index (χ4v) is 4.64. The Morgan fingerprint density at radius 3 is 2.18 bits per heavy atom. The van der Waals surface area contributed by atoms with Crippen molar-refractivity contribution >= 4 is 5.97 Å². The molecule has 184 valence electrons. The molecule has 0 saturated carbocycles. The first-order chi connectivity index (χ1) is 15.1. The highest BCUT2D eigenvalue weighted by atomic mass is 19.4. The number of halogens is 6. The van der Waals surface area contributed by atoms with Crippen LogP contribution in [0.5, 0.6) is 0 Å². The molecule has 1 aromatic rings. The molecule has 1 aliphatic rings. The van der Waals surface area contributed by atoms with E-state index in [0.717, 1.165) is 12.1 Å². The number of hydrogen-bond donors (Lipinski definition) is 1. The second kappa shape index (κ2) is 10.3. The zero-order valence-electron chi connectivity index (χ0n) is 18.6. The van der Waals surface area contributed by atoms with E-state index in [1.807, 2.05) is 4.90 Å². The topological polar surface area (TPSA) is 40.5 Å². The second-order valence-corrected chi connectivity index (χ2v) is 8.91. The summed E-state index contributed by atoms with van der Waals surface area (Å²) in [6.45, 7) is 11.2. The monoisotopic (exact) mass is 477 g/mol. The van der Waals surface area contributed by atoms with Gasteiger partial charge in [-0.15, -0.1) is 0 Å². The van der Waals surface area contributed by atoms with Gasteiger partial charge in [-0.2, -0.15) is 26.3 Å². The summed E-state index contributed by atoms with van der Waals surface area (Å²) in [5.74, 6) is -2.13. The summed E-state index contributed by atoms with van der Waals surface area (Å²) in [5.41, 5.74) is 0.619. The Morgan fingerprint density at radius 1 is 1.15 bits per heavy atom. The molecule has 4 atom stereocenters. The summed E-state index contributed by atoms with van der Waals surface area (Å²) in [6.07, 6.45) is -9.35. The van der Waals surface area contributed by atoms with E-state index in [1.165, 1.54) is 19.1 Å². The van der Waals surface area contributed by atoms with Crippen molar-refractivity contribution in [1.29, 1.82) is 0 Å². The molecule has 0 radical (unpaired) electrons. The number of aliphatic carboxylic acids is 1.